The SMILES string of the molecule is Cc1cnccc1CNC1CCCCC1. The van der Waals surface area contributed by atoms with Crippen LogP contribution in [-0.2, 0) is 6.54 Å². The molecule has 1 aromatic rings. The van der Waals surface area contributed by atoms with E-state index in [4.69, 9.17) is 0 Å². The zero-order valence-corrected chi connectivity index (χ0v) is 9.50. The minimum Gasteiger partial charge on any atom is -0.310 e. The Balaban J connectivity index is 1.84. The van der Waals surface area contributed by atoms with Crippen LogP contribution in [0.5, 0.6) is 0 Å². The molecule has 1 heterocycles. The van der Waals surface area contributed by atoms with Crippen molar-refractivity contribution in [2.24, 2.45) is 0 Å². The van der Waals surface area contributed by atoms with Crippen molar-refractivity contribution in [1.29, 1.82) is 0 Å². The summed E-state index contributed by atoms with van der Waals surface area (Å²) in [5.41, 5.74) is 2.68. The molecule has 0 radical (unpaired) electrons. The molecule has 1 aliphatic carbocycles. The van der Waals surface area contributed by atoms with E-state index < -0.39 is 0 Å². The first-order valence-corrected chi connectivity index (χ1v) is 5.99. The van der Waals surface area contributed by atoms with Crippen LogP contribution < -0.4 is 5.32 Å². The lowest BCUT2D eigenvalue weighted by atomic mass is 9.95. The molecule has 1 saturated carbocycles. The Bertz CT molecular complexity index is 303. The normalized spacial score (nSPS) is 17.9. The molecule has 0 atom stereocenters. The van der Waals surface area contributed by atoms with E-state index in [0.29, 0.717) is 0 Å². The Labute approximate surface area is 92.1 Å². The van der Waals surface area contributed by atoms with Gasteiger partial charge in [0.2, 0.25) is 0 Å². The Morgan fingerprint density at radius 3 is 2.87 bits per heavy atom. The number of hydrogen-bond acceptors (Lipinski definition) is 2. The molecule has 2 rings (SSSR count). The predicted molar refractivity (Wildman–Crippen MR) is 62.7 cm³/mol. The fraction of sp³-hybridized carbons (Fsp3) is 0.615. The van der Waals surface area contributed by atoms with Crippen molar-refractivity contribution in [1.82, 2.24) is 10.3 Å². The maximum absolute atomic E-state index is 4.11. The predicted octanol–water partition coefficient (Wildman–Crippen LogP) is 2.81. The van der Waals surface area contributed by atoms with Crippen molar-refractivity contribution in [2.75, 3.05) is 0 Å². The van der Waals surface area contributed by atoms with Gasteiger partial charge in [0.1, 0.15) is 0 Å². The van der Waals surface area contributed by atoms with Gasteiger partial charge in [-0.05, 0) is 37.0 Å². The molecule has 2 nitrogen and oxygen atoms in total. The highest BCUT2D eigenvalue weighted by molar-refractivity contribution is 5.21. The second-order valence-electron chi connectivity index (χ2n) is 4.52. The van der Waals surface area contributed by atoms with Gasteiger partial charge in [-0.3, -0.25) is 4.98 Å². The van der Waals surface area contributed by atoms with Crippen LogP contribution in [-0.4, -0.2) is 11.0 Å². The van der Waals surface area contributed by atoms with Gasteiger partial charge in [-0.2, -0.15) is 0 Å². The standard InChI is InChI=1S/C13H20N2/c1-11-9-14-8-7-12(11)10-15-13-5-3-2-4-6-13/h7-9,13,15H,2-6,10H2,1H3. The fourth-order valence-electron chi connectivity index (χ4n) is 2.26. The average molecular weight is 204 g/mol. The van der Waals surface area contributed by atoms with Crippen molar-refractivity contribution in [3.63, 3.8) is 0 Å². The lowest BCUT2D eigenvalue weighted by Gasteiger charge is -2.23. The number of aromatic nitrogens is 1. The van der Waals surface area contributed by atoms with Gasteiger partial charge in [0, 0.05) is 25.0 Å². The zero-order valence-electron chi connectivity index (χ0n) is 9.50. The zero-order chi connectivity index (χ0) is 10.5. The molecule has 0 spiro atoms. The third kappa shape index (κ3) is 3.03. The topological polar surface area (TPSA) is 24.9 Å². The minimum atomic E-state index is 0.742. The van der Waals surface area contributed by atoms with E-state index >= 15 is 0 Å². The molecule has 1 N–H and O–H groups in total. The molecule has 82 valence electrons. The summed E-state index contributed by atoms with van der Waals surface area (Å²) in [7, 11) is 0. The van der Waals surface area contributed by atoms with Crippen LogP contribution >= 0.6 is 0 Å². The first-order chi connectivity index (χ1) is 7.36. The van der Waals surface area contributed by atoms with Crippen molar-refractivity contribution in [3.05, 3.63) is 29.6 Å². The van der Waals surface area contributed by atoms with Gasteiger partial charge in [-0.25, -0.2) is 0 Å². The Hall–Kier alpha value is -0.890. The maximum Gasteiger partial charge on any atom is 0.0300 e. The van der Waals surface area contributed by atoms with Crippen LogP contribution in [0.15, 0.2) is 18.5 Å². The minimum absolute atomic E-state index is 0.742. The first kappa shape index (κ1) is 10.6. The number of hydrogen-bond donors (Lipinski definition) is 1. The molecular weight excluding hydrogens is 184 g/mol. The van der Waals surface area contributed by atoms with Gasteiger partial charge in [-0.15, -0.1) is 0 Å². The second kappa shape index (κ2) is 5.26. The molecule has 0 unspecified atom stereocenters. The molecular formula is C13H20N2. The molecule has 15 heavy (non-hydrogen) atoms. The summed E-state index contributed by atoms with van der Waals surface area (Å²) in [5, 5.41) is 3.65. The summed E-state index contributed by atoms with van der Waals surface area (Å²) in [6, 6.07) is 2.86. The molecule has 1 fully saturated rings. The van der Waals surface area contributed by atoms with E-state index in [-0.39, 0.29) is 0 Å². The van der Waals surface area contributed by atoms with E-state index in [9.17, 15) is 0 Å². The summed E-state index contributed by atoms with van der Waals surface area (Å²) in [4.78, 5) is 4.11. The van der Waals surface area contributed by atoms with Gasteiger partial charge >= 0.3 is 0 Å². The molecule has 0 aliphatic heterocycles. The first-order valence-electron chi connectivity index (χ1n) is 5.99. The molecule has 1 aliphatic rings. The van der Waals surface area contributed by atoms with E-state index in [1.165, 1.54) is 43.2 Å². The highest BCUT2D eigenvalue weighted by Gasteiger charge is 2.12. The van der Waals surface area contributed by atoms with Gasteiger partial charge in [0.15, 0.2) is 0 Å². The summed E-state index contributed by atoms with van der Waals surface area (Å²) in [6.45, 7) is 3.13. The quantitative estimate of drug-likeness (QED) is 0.819. The Morgan fingerprint density at radius 2 is 2.13 bits per heavy atom. The number of nitrogens with zero attached hydrogens (tertiary/aromatic N) is 1. The van der Waals surface area contributed by atoms with E-state index in [0.717, 1.165) is 12.6 Å². The van der Waals surface area contributed by atoms with Crippen molar-refractivity contribution in [2.45, 2.75) is 51.6 Å². The lowest BCUT2D eigenvalue weighted by molar-refractivity contribution is 0.372. The summed E-state index contributed by atoms with van der Waals surface area (Å²) in [5.74, 6) is 0. The summed E-state index contributed by atoms with van der Waals surface area (Å²) < 4.78 is 0. The monoisotopic (exact) mass is 204 g/mol. The second-order valence-corrected chi connectivity index (χ2v) is 4.52. The molecule has 1 aromatic heterocycles. The smallest absolute Gasteiger partial charge is 0.0300 e. The van der Waals surface area contributed by atoms with Crippen molar-refractivity contribution >= 4 is 0 Å². The Morgan fingerprint density at radius 1 is 1.33 bits per heavy atom. The van der Waals surface area contributed by atoms with Crippen molar-refractivity contribution < 1.29 is 0 Å². The third-order valence-corrected chi connectivity index (χ3v) is 3.32. The van der Waals surface area contributed by atoms with Gasteiger partial charge in [0.05, 0.1) is 0 Å². The largest absolute Gasteiger partial charge is 0.310 e. The lowest BCUT2D eigenvalue weighted by Crippen LogP contribution is -2.30. The van der Waals surface area contributed by atoms with E-state index in [2.05, 4.69) is 23.3 Å². The highest BCUT2D eigenvalue weighted by atomic mass is 14.9. The third-order valence-electron chi connectivity index (χ3n) is 3.32. The summed E-state index contributed by atoms with van der Waals surface area (Å²) >= 11 is 0. The molecule has 2 heteroatoms. The molecule has 0 saturated heterocycles. The van der Waals surface area contributed by atoms with Gasteiger partial charge < -0.3 is 5.32 Å². The van der Waals surface area contributed by atoms with Crippen LogP contribution in [0, 0.1) is 6.92 Å². The highest BCUT2D eigenvalue weighted by Crippen LogP contribution is 2.18. The van der Waals surface area contributed by atoms with Crippen LogP contribution in [0.3, 0.4) is 0 Å². The Kier molecular flexibility index (Phi) is 3.73. The van der Waals surface area contributed by atoms with Crippen LogP contribution in [0.1, 0.15) is 43.2 Å². The molecule has 0 amide bonds. The van der Waals surface area contributed by atoms with Gasteiger partial charge in [-0.1, -0.05) is 19.3 Å². The summed E-state index contributed by atoms with van der Waals surface area (Å²) in [6.07, 6.45) is 10.7. The van der Waals surface area contributed by atoms with Crippen molar-refractivity contribution in [3.8, 4) is 0 Å². The average Bonchev–Trinajstić information content (AvgIpc) is 2.29. The molecule has 0 aromatic carbocycles. The van der Waals surface area contributed by atoms with Crippen LogP contribution in [0.4, 0.5) is 0 Å². The maximum atomic E-state index is 4.11. The van der Waals surface area contributed by atoms with Crippen LogP contribution in [0.25, 0.3) is 0 Å². The number of pyridine rings is 1. The number of nitrogens with one attached hydrogen (secondary N) is 1. The molecule has 0 bridgehead atoms. The van der Waals surface area contributed by atoms with Gasteiger partial charge in [0.25, 0.3) is 0 Å². The van der Waals surface area contributed by atoms with E-state index in [1.807, 2.05) is 12.4 Å². The fourth-order valence-corrected chi connectivity index (χ4v) is 2.26. The number of rotatable bonds is 3. The van der Waals surface area contributed by atoms with Crippen LogP contribution in [0.2, 0.25) is 0 Å². The van der Waals surface area contributed by atoms with E-state index in [1.54, 1.807) is 0 Å². The number of aryl methyl sites for hydroxylation is 1.